The fraction of sp³-hybridized carbons (Fsp3) is 0.545. The van der Waals surface area contributed by atoms with Gasteiger partial charge in [-0.15, -0.1) is 0 Å². The van der Waals surface area contributed by atoms with Crippen LogP contribution in [0.2, 0.25) is 0 Å². The average molecular weight is 384 g/mol. The van der Waals surface area contributed by atoms with Gasteiger partial charge in [0.05, 0.1) is 5.70 Å². The second-order valence-corrected chi connectivity index (χ2v) is 8.00. The first-order chi connectivity index (χ1) is 13.6. The molecule has 28 heavy (non-hydrogen) atoms. The van der Waals surface area contributed by atoms with Gasteiger partial charge in [-0.25, -0.2) is 9.59 Å². The summed E-state index contributed by atoms with van der Waals surface area (Å²) in [6, 6.07) is 9.85. The lowest BCUT2D eigenvalue weighted by Gasteiger charge is -2.38. The van der Waals surface area contributed by atoms with Crippen molar-refractivity contribution in [3.8, 4) is 0 Å². The van der Waals surface area contributed by atoms with Gasteiger partial charge in [0.15, 0.2) is 5.60 Å². The van der Waals surface area contributed by atoms with Crippen molar-refractivity contribution >= 4 is 12.2 Å². The van der Waals surface area contributed by atoms with E-state index in [1.165, 1.54) is 6.42 Å². The Morgan fingerprint density at radius 3 is 2.50 bits per heavy atom. The molecule has 2 saturated heterocycles. The van der Waals surface area contributed by atoms with Crippen molar-refractivity contribution in [2.75, 3.05) is 13.1 Å². The number of nitrogens with zero attached hydrogens (tertiary/aromatic N) is 2. The van der Waals surface area contributed by atoms with Crippen LogP contribution < -0.4 is 0 Å². The highest BCUT2D eigenvalue weighted by molar-refractivity contribution is 5.75. The molecule has 1 aliphatic carbocycles. The van der Waals surface area contributed by atoms with Gasteiger partial charge in [-0.1, -0.05) is 56.2 Å². The molecule has 0 radical (unpaired) electrons. The third kappa shape index (κ3) is 3.60. The van der Waals surface area contributed by atoms with Crippen LogP contribution in [0.3, 0.4) is 0 Å². The van der Waals surface area contributed by atoms with Crippen LogP contribution in [0.15, 0.2) is 42.6 Å². The predicted molar refractivity (Wildman–Crippen MR) is 104 cm³/mol. The molecule has 0 aromatic heterocycles. The molecule has 2 aliphatic heterocycles. The minimum Gasteiger partial charge on any atom is -0.445 e. The van der Waals surface area contributed by atoms with Gasteiger partial charge in [0.2, 0.25) is 0 Å². The van der Waals surface area contributed by atoms with E-state index in [0.717, 1.165) is 36.9 Å². The molecular weight excluding hydrogens is 356 g/mol. The van der Waals surface area contributed by atoms with E-state index in [-0.39, 0.29) is 24.8 Å². The molecule has 6 nitrogen and oxygen atoms in total. The van der Waals surface area contributed by atoms with E-state index in [0.29, 0.717) is 25.9 Å². The maximum Gasteiger partial charge on any atom is 0.415 e. The van der Waals surface area contributed by atoms with E-state index in [1.807, 2.05) is 30.3 Å². The maximum absolute atomic E-state index is 12.6. The van der Waals surface area contributed by atoms with Crippen LogP contribution in [-0.4, -0.2) is 46.7 Å². The minimum absolute atomic E-state index is 0.210. The highest BCUT2D eigenvalue weighted by Crippen LogP contribution is 2.43. The number of amides is 2. The lowest BCUT2D eigenvalue weighted by atomic mass is 9.87. The van der Waals surface area contributed by atoms with Crippen molar-refractivity contribution in [2.24, 2.45) is 0 Å². The van der Waals surface area contributed by atoms with E-state index in [9.17, 15) is 9.59 Å². The van der Waals surface area contributed by atoms with Crippen LogP contribution in [-0.2, 0) is 16.1 Å². The Hall–Kier alpha value is -2.50. The van der Waals surface area contributed by atoms with Crippen LogP contribution in [0.1, 0.15) is 50.5 Å². The smallest absolute Gasteiger partial charge is 0.415 e. The van der Waals surface area contributed by atoms with Gasteiger partial charge in [-0.3, -0.25) is 4.90 Å². The lowest BCUT2D eigenvalue weighted by molar-refractivity contribution is 0.0108. The number of benzene rings is 1. The summed E-state index contributed by atoms with van der Waals surface area (Å²) in [4.78, 5) is 28.5. The monoisotopic (exact) mass is 384 g/mol. The fourth-order valence-electron chi connectivity index (χ4n) is 4.57. The van der Waals surface area contributed by atoms with Crippen molar-refractivity contribution in [1.82, 2.24) is 9.80 Å². The van der Waals surface area contributed by atoms with Gasteiger partial charge in [0.25, 0.3) is 0 Å². The number of piperidine rings is 1. The summed E-state index contributed by atoms with van der Waals surface area (Å²) in [5.74, 6) is 0. The molecule has 1 spiro atoms. The third-order valence-corrected chi connectivity index (χ3v) is 6.27. The molecule has 2 heterocycles. The summed E-state index contributed by atoms with van der Waals surface area (Å²) in [5, 5.41) is 0. The Bertz CT molecular complexity index is 734. The quantitative estimate of drug-likeness (QED) is 0.772. The van der Waals surface area contributed by atoms with E-state index in [4.69, 9.17) is 9.47 Å². The van der Waals surface area contributed by atoms with Crippen LogP contribution in [0.4, 0.5) is 9.59 Å². The highest BCUT2D eigenvalue weighted by Gasteiger charge is 2.52. The van der Waals surface area contributed by atoms with Crippen molar-refractivity contribution in [2.45, 2.75) is 63.2 Å². The molecular formula is C22H28N2O4. The number of carbonyl (C=O) groups is 2. The summed E-state index contributed by atoms with van der Waals surface area (Å²) in [6.07, 6.45) is 6.12. The Labute approximate surface area is 166 Å². The third-order valence-electron chi connectivity index (χ3n) is 6.27. The summed E-state index contributed by atoms with van der Waals surface area (Å²) < 4.78 is 11.3. The molecule has 4 rings (SSSR count). The number of rotatable bonds is 3. The zero-order valence-electron chi connectivity index (χ0n) is 16.3. The molecule has 3 fully saturated rings. The number of ether oxygens (including phenoxy) is 2. The molecule has 0 atom stereocenters. The molecule has 2 amide bonds. The van der Waals surface area contributed by atoms with Crippen LogP contribution >= 0.6 is 0 Å². The Balaban J connectivity index is 1.33. The fourth-order valence-corrected chi connectivity index (χ4v) is 4.57. The second-order valence-electron chi connectivity index (χ2n) is 8.00. The lowest BCUT2D eigenvalue weighted by Crippen LogP contribution is -2.48. The molecule has 1 aromatic carbocycles. The van der Waals surface area contributed by atoms with Gasteiger partial charge >= 0.3 is 12.2 Å². The molecule has 0 N–H and O–H groups in total. The Kier molecular flexibility index (Phi) is 5.29. The number of carbonyl (C=O) groups excluding carboxylic acids is 2. The van der Waals surface area contributed by atoms with Crippen molar-refractivity contribution < 1.29 is 19.1 Å². The normalized spacial score (nSPS) is 22.4. The van der Waals surface area contributed by atoms with E-state index < -0.39 is 5.60 Å². The average Bonchev–Trinajstić information content (AvgIpc) is 2.97. The van der Waals surface area contributed by atoms with Crippen molar-refractivity contribution in [3.05, 3.63) is 48.2 Å². The predicted octanol–water partition coefficient (Wildman–Crippen LogP) is 4.46. The molecule has 1 aromatic rings. The Morgan fingerprint density at radius 1 is 1.14 bits per heavy atom. The minimum atomic E-state index is -0.662. The number of likely N-dealkylation sites (tertiary alicyclic amines) is 1. The first-order valence-electron chi connectivity index (χ1n) is 10.3. The second kappa shape index (κ2) is 7.86. The highest BCUT2D eigenvalue weighted by atomic mass is 16.6. The van der Waals surface area contributed by atoms with Crippen LogP contribution in [0, 0.1) is 0 Å². The standard InChI is InChI=1S/C22H28N2O4/c1-17-22(28-21(26)24(17)19-10-6-3-7-11-19)12-14-23(15-13-22)20(25)27-16-18-8-4-2-5-9-18/h2,4-5,8-9,19H,1,3,6-7,10-16H2. The van der Waals surface area contributed by atoms with Crippen molar-refractivity contribution in [1.29, 1.82) is 0 Å². The zero-order valence-corrected chi connectivity index (χ0v) is 16.3. The topological polar surface area (TPSA) is 59.1 Å². The number of hydrogen-bond donors (Lipinski definition) is 0. The Morgan fingerprint density at radius 2 is 1.82 bits per heavy atom. The van der Waals surface area contributed by atoms with E-state index in [2.05, 4.69) is 6.58 Å². The summed E-state index contributed by atoms with van der Waals surface area (Å²) in [6.45, 7) is 5.49. The van der Waals surface area contributed by atoms with Crippen LogP contribution in [0.25, 0.3) is 0 Å². The summed E-state index contributed by atoms with van der Waals surface area (Å²) in [7, 11) is 0. The zero-order chi connectivity index (χ0) is 19.6. The SMILES string of the molecule is C=C1N(C2CCCCC2)C(=O)OC12CCN(C(=O)OCc1ccccc1)CC2. The molecule has 0 unspecified atom stereocenters. The molecule has 0 bridgehead atoms. The molecule has 150 valence electrons. The first-order valence-corrected chi connectivity index (χ1v) is 10.3. The first kappa shape index (κ1) is 18.8. The van der Waals surface area contributed by atoms with Gasteiger partial charge in [0.1, 0.15) is 6.61 Å². The van der Waals surface area contributed by atoms with Crippen molar-refractivity contribution in [3.63, 3.8) is 0 Å². The largest absolute Gasteiger partial charge is 0.445 e. The molecule has 1 saturated carbocycles. The van der Waals surface area contributed by atoms with Crippen LogP contribution in [0.5, 0.6) is 0 Å². The molecule has 6 heteroatoms. The van der Waals surface area contributed by atoms with E-state index in [1.54, 1.807) is 9.80 Å². The summed E-state index contributed by atoms with van der Waals surface area (Å²) in [5.41, 5.74) is 1.08. The molecule has 3 aliphatic rings. The number of hydrogen-bond acceptors (Lipinski definition) is 4. The van der Waals surface area contributed by atoms with E-state index >= 15 is 0 Å². The van der Waals surface area contributed by atoms with Gasteiger partial charge in [-0.2, -0.15) is 0 Å². The van der Waals surface area contributed by atoms with Gasteiger partial charge in [-0.05, 0) is 18.4 Å². The van der Waals surface area contributed by atoms with Gasteiger partial charge < -0.3 is 14.4 Å². The van der Waals surface area contributed by atoms with Gasteiger partial charge in [0, 0.05) is 32.0 Å². The summed E-state index contributed by atoms with van der Waals surface area (Å²) >= 11 is 0. The maximum atomic E-state index is 12.6.